The summed E-state index contributed by atoms with van der Waals surface area (Å²) in [6, 6.07) is 7.99. The van der Waals surface area contributed by atoms with E-state index < -0.39 is 0 Å². The topological polar surface area (TPSA) is 29.1 Å². The first-order valence-corrected chi connectivity index (χ1v) is 7.08. The number of amides is 1. The highest BCUT2D eigenvalue weighted by atomic mass is 16.1. The Morgan fingerprint density at radius 3 is 2.78 bits per heavy atom. The summed E-state index contributed by atoms with van der Waals surface area (Å²) in [6.07, 6.45) is 6.14. The van der Waals surface area contributed by atoms with Crippen molar-refractivity contribution in [1.29, 1.82) is 0 Å². The molecule has 0 spiro atoms. The van der Waals surface area contributed by atoms with Crippen LogP contribution in [-0.4, -0.2) is 5.91 Å². The van der Waals surface area contributed by atoms with Gasteiger partial charge in [0.15, 0.2) is 0 Å². The molecule has 1 aromatic carbocycles. The third kappa shape index (κ3) is 2.29. The number of benzene rings is 1. The molecule has 0 aromatic heterocycles. The third-order valence-corrected chi connectivity index (χ3v) is 4.75. The van der Waals surface area contributed by atoms with Gasteiger partial charge in [0.1, 0.15) is 0 Å². The number of rotatable bonds is 3. The number of hydrogen-bond acceptors (Lipinski definition) is 1. The van der Waals surface area contributed by atoms with Crippen LogP contribution in [0, 0.1) is 24.7 Å². The number of fused-ring (bicyclic) bond motifs is 2. The zero-order valence-electron chi connectivity index (χ0n) is 11.0. The van der Waals surface area contributed by atoms with Gasteiger partial charge in [-0.25, -0.2) is 0 Å². The normalized spacial score (nSPS) is 29.5. The van der Waals surface area contributed by atoms with E-state index in [0.717, 1.165) is 29.5 Å². The van der Waals surface area contributed by atoms with Crippen LogP contribution in [0.3, 0.4) is 0 Å². The predicted molar refractivity (Wildman–Crippen MR) is 73.4 cm³/mol. The highest BCUT2D eigenvalue weighted by molar-refractivity contribution is 5.91. The van der Waals surface area contributed by atoms with Gasteiger partial charge in [-0.3, -0.25) is 4.79 Å². The summed E-state index contributed by atoms with van der Waals surface area (Å²) < 4.78 is 0. The highest BCUT2D eigenvalue weighted by Gasteiger charge is 2.40. The summed E-state index contributed by atoms with van der Waals surface area (Å²) in [7, 11) is 0. The molecule has 0 saturated heterocycles. The summed E-state index contributed by atoms with van der Waals surface area (Å²) >= 11 is 0. The lowest BCUT2D eigenvalue weighted by molar-refractivity contribution is -0.117. The number of carbonyl (C=O) groups is 1. The van der Waals surface area contributed by atoms with Crippen LogP contribution in [-0.2, 0) is 4.79 Å². The first-order valence-electron chi connectivity index (χ1n) is 7.08. The van der Waals surface area contributed by atoms with Gasteiger partial charge in [-0.1, -0.05) is 24.6 Å². The van der Waals surface area contributed by atoms with Gasteiger partial charge in [-0.15, -0.1) is 0 Å². The second-order valence-corrected chi connectivity index (χ2v) is 6.00. The van der Waals surface area contributed by atoms with Crippen LogP contribution in [0.2, 0.25) is 0 Å². The van der Waals surface area contributed by atoms with Crippen molar-refractivity contribution in [1.82, 2.24) is 0 Å². The largest absolute Gasteiger partial charge is 0.326 e. The number of hydrogen-bond donors (Lipinski definition) is 1. The summed E-state index contributed by atoms with van der Waals surface area (Å²) in [5.74, 6) is 2.60. The first kappa shape index (κ1) is 11.8. The van der Waals surface area contributed by atoms with Gasteiger partial charge in [-0.2, -0.15) is 0 Å². The van der Waals surface area contributed by atoms with Crippen molar-refractivity contribution >= 4 is 11.6 Å². The summed E-state index contributed by atoms with van der Waals surface area (Å²) in [5.41, 5.74) is 2.10. The Hall–Kier alpha value is -1.31. The fourth-order valence-electron chi connectivity index (χ4n) is 3.78. The van der Waals surface area contributed by atoms with E-state index in [0.29, 0.717) is 5.92 Å². The Labute approximate surface area is 109 Å². The van der Waals surface area contributed by atoms with E-state index in [1.807, 2.05) is 31.2 Å². The highest BCUT2D eigenvalue weighted by Crippen LogP contribution is 2.49. The molecular weight excluding hydrogens is 222 g/mol. The van der Waals surface area contributed by atoms with Crippen LogP contribution >= 0.6 is 0 Å². The molecule has 1 N–H and O–H groups in total. The summed E-state index contributed by atoms with van der Waals surface area (Å²) in [6.45, 7) is 2.03. The molecule has 2 nitrogen and oxygen atoms in total. The first-order chi connectivity index (χ1) is 8.72. The molecular formula is C16H21NO. The van der Waals surface area contributed by atoms with Gasteiger partial charge < -0.3 is 5.32 Å². The molecule has 18 heavy (non-hydrogen) atoms. The number of nitrogens with one attached hydrogen (secondary N) is 1. The SMILES string of the molecule is Cc1ccccc1NC(=O)C[C@@H]1C[C@@H]2CC[C@@H]1C2. The van der Waals surface area contributed by atoms with E-state index >= 15 is 0 Å². The van der Waals surface area contributed by atoms with E-state index in [1.54, 1.807) is 0 Å². The smallest absolute Gasteiger partial charge is 0.224 e. The van der Waals surface area contributed by atoms with E-state index in [9.17, 15) is 4.79 Å². The van der Waals surface area contributed by atoms with E-state index in [-0.39, 0.29) is 5.91 Å². The maximum atomic E-state index is 12.1. The molecule has 1 aromatic rings. The minimum absolute atomic E-state index is 0.196. The molecule has 2 fully saturated rings. The predicted octanol–water partition coefficient (Wildman–Crippen LogP) is 3.76. The van der Waals surface area contributed by atoms with Crippen molar-refractivity contribution in [3.63, 3.8) is 0 Å². The molecule has 2 aliphatic rings. The van der Waals surface area contributed by atoms with Crippen molar-refractivity contribution in [2.24, 2.45) is 17.8 Å². The van der Waals surface area contributed by atoms with Crippen molar-refractivity contribution < 1.29 is 4.79 Å². The van der Waals surface area contributed by atoms with Crippen molar-refractivity contribution in [3.8, 4) is 0 Å². The third-order valence-electron chi connectivity index (χ3n) is 4.75. The standard InChI is InChI=1S/C16H21NO/c1-11-4-2-3-5-15(11)17-16(18)10-14-9-12-6-7-13(14)8-12/h2-5,12-14H,6-10H2,1H3,(H,17,18)/t12-,13-,14+/m1/s1. The van der Waals surface area contributed by atoms with Crippen molar-refractivity contribution in [2.45, 2.75) is 39.0 Å². The summed E-state index contributed by atoms with van der Waals surface area (Å²) in [5, 5.41) is 3.06. The number of carbonyl (C=O) groups excluding carboxylic acids is 1. The molecule has 1 amide bonds. The average Bonchev–Trinajstić information content (AvgIpc) is 2.94. The maximum Gasteiger partial charge on any atom is 0.224 e. The zero-order chi connectivity index (χ0) is 12.5. The monoisotopic (exact) mass is 243 g/mol. The van der Waals surface area contributed by atoms with E-state index in [4.69, 9.17) is 0 Å². The maximum absolute atomic E-state index is 12.1. The minimum Gasteiger partial charge on any atom is -0.326 e. The van der Waals surface area contributed by atoms with E-state index in [2.05, 4.69) is 5.32 Å². The van der Waals surface area contributed by atoms with Gasteiger partial charge in [0.05, 0.1) is 0 Å². The molecule has 2 saturated carbocycles. The lowest BCUT2D eigenvalue weighted by atomic mass is 9.86. The lowest BCUT2D eigenvalue weighted by Gasteiger charge is -2.21. The van der Waals surface area contributed by atoms with Gasteiger partial charge >= 0.3 is 0 Å². The Bertz CT molecular complexity index is 454. The van der Waals surface area contributed by atoms with Crippen LogP contribution in [0.5, 0.6) is 0 Å². The Kier molecular flexibility index (Phi) is 3.11. The fraction of sp³-hybridized carbons (Fsp3) is 0.562. The molecule has 2 heteroatoms. The average molecular weight is 243 g/mol. The van der Waals surface area contributed by atoms with Crippen molar-refractivity contribution in [3.05, 3.63) is 29.8 Å². The van der Waals surface area contributed by atoms with Crippen LogP contribution in [0.25, 0.3) is 0 Å². The van der Waals surface area contributed by atoms with Gasteiger partial charge in [0, 0.05) is 12.1 Å². The minimum atomic E-state index is 0.196. The van der Waals surface area contributed by atoms with Gasteiger partial charge in [0.25, 0.3) is 0 Å². The summed E-state index contributed by atoms with van der Waals surface area (Å²) in [4.78, 5) is 12.1. The second-order valence-electron chi connectivity index (χ2n) is 6.00. The second kappa shape index (κ2) is 4.75. The van der Waals surface area contributed by atoms with Crippen LogP contribution in [0.4, 0.5) is 5.69 Å². The number of anilines is 1. The quantitative estimate of drug-likeness (QED) is 0.860. The van der Waals surface area contributed by atoms with Crippen molar-refractivity contribution in [2.75, 3.05) is 5.32 Å². The van der Waals surface area contributed by atoms with Crippen LogP contribution in [0.15, 0.2) is 24.3 Å². The van der Waals surface area contributed by atoms with Crippen LogP contribution in [0.1, 0.15) is 37.7 Å². The molecule has 0 heterocycles. The Balaban J connectivity index is 1.58. The molecule has 2 bridgehead atoms. The number of para-hydroxylation sites is 1. The molecule has 0 unspecified atom stereocenters. The Morgan fingerprint density at radius 1 is 1.28 bits per heavy atom. The fourth-order valence-corrected chi connectivity index (χ4v) is 3.78. The molecule has 96 valence electrons. The van der Waals surface area contributed by atoms with E-state index in [1.165, 1.54) is 25.7 Å². The lowest BCUT2D eigenvalue weighted by Crippen LogP contribution is -2.20. The number of aryl methyl sites for hydroxylation is 1. The van der Waals surface area contributed by atoms with Crippen LogP contribution < -0.4 is 5.32 Å². The van der Waals surface area contributed by atoms with Gasteiger partial charge in [-0.05, 0) is 55.6 Å². The zero-order valence-corrected chi connectivity index (χ0v) is 11.0. The Morgan fingerprint density at radius 2 is 2.11 bits per heavy atom. The van der Waals surface area contributed by atoms with Gasteiger partial charge in [0.2, 0.25) is 5.91 Å². The molecule has 0 aliphatic heterocycles. The molecule has 2 aliphatic carbocycles. The molecule has 0 radical (unpaired) electrons. The molecule has 3 atom stereocenters. The molecule has 3 rings (SSSR count).